The zero-order chi connectivity index (χ0) is 12.6. The molecule has 0 bridgehead atoms. The number of rotatable bonds is 1. The fourth-order valence-electron chi connectivity index (χ4n) is 1.83. The summed E-state index contributed by atoms with van der Waals surface area (Å²) >= 11 is 0. The molecule has 1 aromatic heterocycles. The fourth-order valence-corrected chi connectivity index (χ4v) is 1.83. The van der Waals surface area contributed by atoms with E-state index in [0.717, 1.165) is 5.69 Å². The van der Waals surface area contributed by atoms with Crippen molar-refractivity contribution in [1.82, 2.24) is 4.98 Å². The number of nitrogens with zero attached hydrogens (tertiary/aromatic N) is 1. The van der Waals surface area contributed by atoms with Gasteiger partial charge in [0.05, 0.1) is 5.92 Å². The van der Waals surface area contributed by atoms with Gasteiger partial charge in [0.25, 0.3) is 0 Å². The lowest BCUT2D eigenvalue weighted by molar-refractivity contribution is -0.171. The van der Waals surface area contributed by atoms with Gasteiger partial charge < -0.3 is 0 Å². The van der Waals surface area contributed by atoms with Gasteiger partial charge in [-0.25, -0.2) is 0 Å². The largest absolute Gasteiger partial charge is 0.396 e. The van der Waals surface area contributed by atoms with Crippen molar-refractivity contribution < 1.29 is 13.2 Å². The first-order chi connectivity index (χ1) is 7.12. The van der Waals surface area contributed by atoms with Crippen LogP contribution in [0.25, 0.3) is 0 Å². The Morgan fingerprint density at radius 2 is 1.69 bits per heavy atom. The average molecular weight is 231 g/mol. The molecule has 0 fully saturated rings. The first-order valence-corrected chi connectivity index (χ1v) is 5.11. The molecule has 0 N–H and O–H groups in total. The maximum atomic E-state index is 13.0. The van der Waals surface area contributed by atoms with Gasteiger partial charge in [-0.3, -0.25) is 4.98 Å². The standard InChI is InChI=1S/C12H16F3N/c1-8-5-6-9(7-16-8)10(11(2,3)4)12(13,14)15/h5-7,10H,1-4H3. The first-order valence-electron chi connectivity index (χ1n) is 5.11. The molecule has 1 heterocycles. The quantitative estimate of drug-likeness (QED) is 0.709. The van der Waals surface area contributed by atoms with Crippen LogP contribution in [0.3, 0.4) is 0 Å². The molecule has 0 radical (unpaired) electrons. The van der Waals surface area contributed by atoms with Gasteiger partial charge in [0.2, 0.25) is 0 Å². The van der Waals surface area contributed by atoms with E-state index in [1.807, 2.05) is 0 Å². The van der Waals surface area contributed by atoms with Gasteiger partial charge in [-0.2, -0.15) is 13.2 Å². The molecule has 1 aromatic rings. The maximum Gasteiger partial charge on any atom is 0.396 e. The molecule has 0 aliphatic rings. The highest BCUT2D eigenvalue weighted by Gasteiger charge is 2.47. The third-order valence-electron chi connectivity index (χ3n) is 2.46. The summed E-state index contributed by atoms with van der Waals surface area (Å²) in [5, 5.41) is 0. The Morgan fingerprint density at radius 3 is 2.00 bits per heavy atom. The second-order valence-corrected chi connectivity index (χ2v) is 5.07. The van der Waals surface area contributed by atoms with E-state index < -0.39 is 17.5 Å². The lowest BCUT2D eigenvalue weighted by Gasteiger charge is -2.32. The molecular formula is C12H16F3N. The Bertz CT molecular complexity index is 332. The van der Waals surface area contributed by atoms with Gasteiger partial charge in [0, 0.05) is 11.9 Å². The highest BCUT2D eigenvalue weighted by atomic mass is 19.4. The Balaban J connectivity index is 3.18. The van der Waals surface area contributed by atoms with Gasteiger partial charge in [-0.05, 0) is 24.0 Å². The Kier molecular flexibility index (Phi) is 3.31. The van der Waals surface area contributed by atoms with Crippen LogP contribution in [0.5, 0.6) is 0 Å². The van der Waals surface area contributed by atoms with Crippen LogP contribution >= 0.6 is 0 Å². The Morgan fingerprint density at radius 1 is 1.12 bits per heavy atom. The maximum absolute atomic E-state index is 13.0. The molecule has 90 valence electrons. The van der Waals surface area contributed by atoms with Crippen molar-refractivity contribution in [2.45, 2.75) is 39.8 Å². The topological polar surface area (TPSA) is 12.9 Å². The highest BCUT2D eigenvalue weighted by Crippen LogP contribution is 2.46. The van der Waals surface area contributed by atoms with Crippen LogP contribution in [0, 0.1) is 12.3 Å². The highest BCUT2D eigenvalue weighted by molar-refractivity contribution is 5.21. The fraction of sp³-hybridized carbons (Fsp3) is 0.583. The van der Waals surface area contributed by atoms with Gasteiger partial charge in [-0.1, -0.05) is 26.8 Å². The van der Waals surface area contributed by atoms with Crippen molar-refractivity contribution in [2.24, 2.45) is 5.41 Å². The molecule has 0 saturated carbocycles. The molecule has 0 saturated heterocycles. The summed E-state index contributed by atoms with van der Waals surface area (Å²) in [6, 6.07) is 3.12. The number of aromatic nitrogens is 1. The van der Waals surface area contributed by atoms with Crippen LogP contribution in [0.4, 0.5) is 13.2 Å². The molecule has 4 heteroatoms. The van der Waals surface area contributed by atoms with Gasteiger partial charge in [-0.15, -0.1) is 0 Å². The zero-order valence-corrected chi connectivity index (χ0v) is 9.89. The van der Waals surface area contributed by atoms with Crippen molar-refractivity contribution in [2.75, 3.05) is 0 Å². The molecule has 0 spiro atoms. The normalized spacial score (nSPS) is 14.9. The zero-order valence-electron chi connectivity index (χ0n) is 9.89. The van der Waals surface area contributed by atoms with Gasteiger partial charge in [0.15, 0.2) is 0 Å². The summed E-state index contributed by atoms with van der Waals surface area (Å²) in [7, 11) is 0. The average Bonchev–Trinajstić information content (AvgIpc) is 2.03. The van der Waals surface area contributed by atoms with E-state index in [4.69, 9.17) is 0 Å². The van der Waals surface area contributed by atoms with Crippen LogP contribution in [-0.2, 0) is 0 Å². The predicted molar refractivity (Wildman–Crippen MR) is 57.2 cm³/mol. The predicted octanol–water partition coefficient (Wildman–Crippen LogP) is 4.08. The van der Waals surface area contributed by atoms with E-state index in [1.165, 1.54) is 12.3 Å². The lowest BCUT2D eigenvalue weighted by atomic mass is 9.76. The van der Waals surface area contributed by atoms with Crippen LogP contribution in [0.1, 0.15) is 37.9 Å². The lowest BCUT2D eigenvalue weighted by Crippen LogP contribution is -2.32. The number of pyridine rings is 1. The van der Waals surface area contributed by atoms with Gasteiger partial charge >= 0.3 is 6.18 Å². The molecule has 1 unspecified atom stereocenters. The SMILES string of the molecule is Cc1ccc(C(C(C)(C)C)C(F)(F)F)cn1. The Labute approximate surface area is 93.7 Å². The number of hydrogen-bond donors (Lipinski definition) is 0. The van der Waals surface area contributed by atoms with Gasteiger partial charge in [0.1, 0.15) is 0 Å². The summed E-state index contributed by atoms with van der Waals surface area (Å²) in [4.78, 5) is 3.93. The second kappa shape index (κ2) is 4.07. The van der Waals surface area contributed by atoms with E-state index >= 15 is 0 Å². The second-order valence-electron chi connectivity index (χ2n) is 5.07. The summed E-state index contributed by atoms with van der Waals surface area (Å²) in [6.07, 6.45) is -2.92. The Hall–Kier alpha value is -1.06. The molecule has 1 rings (SSSR count). The van der Waals surface area contributed by atoms with E-state index in [2.05, 4.69) is 4.98 Å². The smallest absolute Gasteiger partial charge is 0.261 e. The molecule has 1 atom stereocenters. The van der Waals surface area contributed by atoms with Crippen LogP contribution in [0.15, 0.2) is 18.3 Å². The van der Waals surface area contributed by atoms with Crippen LogP contribution in [-0.4, -0.2) is 11.2 Å². The van der Waals surface area contributed by atoms with E-state index in [1.54, 1.807) is 33.8 Å². The van der Waals surface area contributed by atoms with Crippen molar-refractivity contribution in [3.05, 3.63) is 29.6 Å². The van der Waals surface area contributed by atoms with E-state index in [0.29, 0.717) is 0 Å². The molecule has 0 amide bonds. The van der Waals surface area contributed by atoms with Crippen molar-refractivity contribution in [3.63, 3.8) is 0 Å². The van der Waals surface area contributed by atoms with Crippen molar-refractivity contribution >= 4 is 0 Å². The number of hydrogen-bond acceptors (Lipinski definition) is 1. The van der Waals surface area contributed by atoms with Crippen molar-refractivity contribution in [3.8, 4) is 0 Å². The number of aryl methyl sites for hydroxylation is 1. The van der Waals surface area contributed by atoms with Crippen LogP contribution in [0.2, 0.25) is 0 Å². The minimum Gasteiger partial charge on any atom is -0.261 e. The number of alkyl halides is 3. The summed E-state index contributed by atoms with van der Waals surface area (Å²) < 4.78 is 38.9. The summed E-state index contributed by atoms with van der Waals surface area (Å²) in [5.41, 5.74) is 0.0824. The number of halogens is 3. The third-order valence-corrected chi connectivity index (χ3v) is 2.46. The molecule has 0 aliphatic heterocycles. The molecule has 0 aromatic carbocycles. The minimum atomic E-state index is -4.24. The summed E-state index contributed by atoms with van der Waals surface area (Å²) in [6.45, 7) is 6.52. The third kappa shape index (κ3) is 2.97. The molecule has 1 nitrogen and oxygen atoms in total. The van der Waals surface area contributed by atoms with Crippen molar-refractivity contribution in [1.29, 1.82) is 0 Å². The summed E-state index contributed by atoms with van der Waals surface area (Å²) in [5.74, 6) is -1.48. The first kappa shape index (κ1) is 13.0. The van der Waals surface area contributed by atoms with E-state index in [9.17, 15) is 13.2 Å². The molecule has 0 aliphatic carbocycles. The molecule has 16 heavy (non-hydrogen) atoms. The molecular weight excluding hydrogens is 215 g/mol. The van der Waals surface area contributed by atoms with Crippen LogP contribution < -0.4 is 0 Å². The minimum absolute atomic E-state index is 0.227. The monoisotopic (exact) mass is 231 g/mol. The van der Waals surface area contributed by atoms with E-state index in [-0.39, 0.29) is 5.56 Å².